The molecule has 5 heteroatoms. The molecule has 1 nitrogen and oxygen atoms in total. The van der Waals surface area contributed by atoms with Gasteiger partial charge in [-0.05, 0) is 28.1 Å². The molecule has 0 fully saturated rings. The van der Waals surface area contributed by atoms with Crippen LogP contribution in [0.5, 0.6) is 5.75 Å². The van der Waals surface area contributed by atoms with Crippen LogP contribution in [0.25, 0.3) is 0 Å². The second-order valence-electron chi connectivity index (χ2n) is 2.64. The lowest BCUT2D eigenvalue weighted by Crippen LogP contribution is -2.13. The summed E-state index contributed by atoms with van der Waals surface area (Å²) in [6.45, 7) is -0.355. The zero-order valence-electron chi connectivity index (χ0n) is 7.14. The fraction of sp³-hybridized carbons (Fsp3) is 0.333. The van der Waals surface area contributed by atoms with Crippen LogP contribution in [0.15, 0.2) is 28.7 Å². The van der Waals surface area contributed by atoms with Crippen LogP contribution in [0.1, 0.15) is 6.42 Å². The highest BCUT2D eigenvalue weighted by atomic mass is 79.9. The molecule has 0 atom stereocenters. The van der Waals surface area contributed by atoms with Crippen molar-refractivity contribution >= 4 is 15.9 Å². The second kappa shape index (κ2) is 4.68. The van der Waals surface area contributed by atoms with Crippen molar-refractivity contribution in [1.29, 1.82) is 0 Å². The number of benzene rings is 1. The average molecular weight is 269 g/mol. The Kier molecular flexibility index (Phi) is 3.80. The number of ether oxygens (including phenoxy) is 1. The molecular weight excluding hydrogens is 261 g/mol. The van der Waals surface area contributed by atoms with Crippen molar-refractivity contribution in [2.75, 3.05) is 6.61 Å². The number of rotatable bonds is 3. The summed E-state index contributed by atoms with van der Waals surface area (Å²) < 4.78 is 40.9. The molecule has 0 aliphatic carbocycles. The summed E-state index contributed by atoms with van der Waals surface area (Å²) in [5, 5.41) is 0. The third-order valence-corrected chi connectivity index (χ3v) is 2.13. The van der Waals surface area contributed by atoms with Crippen molar-refractivity contribution in [3.8, 4) is 5.75 Å². The van der Waals surface area contributed by atoms with Gasteiger partial charge in [0.25, 0.3) is 0 Å². The minimum Gasteiger partial charge on any atom is -0.492 e. The summed E-state index contributed by atoms with van der Waals surface area (Å²) in [6, 6.07) is 6.79. The minimum absolute atomic E-state index is 0.355. The predicted molar refractivity (Wildman–Crippen MR) is 50.3 cm³/mol. The van der Waals surface area contributed by atoms with Gasteiger partial charge in [0.2, 0.25) is 0 Å². The summed E-state index contributed by atoms with van der Waals surface area (Å²) >= 11 is 3.17. The first-order valence-corrected chi connectivity index (χ1v) is 4.72. The smallest absolute Gasteiger partial charge is 0.392 e. The van der Waals surface area contributed by atoms with Crippen molar-refractivity contribution in [1.82, 2.24) is 0 Å². The normalized spacial score (nSPS) is 11.4. The maximum atomic E-state index is 11.8. The van der Waals surface area contributed by atoms with Gasteiger partial charge in [0.05, 0.1) is 17.5 Å². The molecule has 0 aliphatic rings. The Morgan fingerprint density at radius 2 is 1.86 bits per heavy atom. The van der Waals surface area contributed by atoms with Gasteiger partial charge in [0.1, 0.15) is 5.75 Å². The van der Waals surface area contributed by atoms with E-state index < -0.39 is 12.6 Å². The van der Waals surface area contributed by atoms with Crippen LogP contribution in [-0.4, -0.2) is 12.8 Å². The van der Waals surface area contributed by atoms with Gasteiger partial charge in [0, 0.05) is 0 Å². The van der Waals surface area contributed by atoms with E-state index in [9.17, 15) is 13.2 Å². The third kappa shape index (κ3) is 4.00. The summed E-state index contributed by atoms with van der Waals surface area (Å²) in [5.74, 6) is 0.428. The first-order chi connectivity index (χ1) is 6.49. The quantitative estimate of drug-likeness (QED) is 0.811. The van der Waals surface area contributed by atoms with Crippen molar-refractivity contribution < 1.29 is 17.9 Å². The van der Waals surface area contributed by atoms with Gasteiger partial charge >= 0.3 is 6.18 Å². The average Bonchev–Trinajstić information content (AvgIpc) is 2.06. The van der Waals surface area contributed by atoms with E-state index in [-0.39, 0.29) is 6.61 Å². The van der Waals surface area contributed by atoms with Crippen molar-refractivity contribution in [3.05, 3.63) is 28.7 Å². The molecule has 0 bridgehead atoms. The van der Waals surface area contributed by atoms with E-state index in [1.165, 1.54) is 0 Å². The first kappa shape index (κ1) is 11.4. The lowest BCUT2D eigenvalue weighted by molar-refractivity contribution is -0.139. The van der Waals surface area contributed by atoms with Gasteiger partial charge in [-0.15, -0.1) is 0 Å². The van der Waals surface area contributed by atoms with Gasteiger partial charge in [-0.2, -0.15) is 13.2 Å². The molecule has 0 aromatic heterocycles. The van der Waals surface area contributed by atoms with Crippen LogP contribution in [-0.2, 0) is 0 Å². The summed E-state index contributed by atoms with van der Waals surface area (Å²) in [4.78, 5) is 0. The number of hydrogen-bond acceptors (Lipinski definition) is 1. The standard InChI is InChI=1S/C9H8BrF3O/c10-7-3-1-2-4-8(7)14-6-5-9(11,12)13/h1-4H,5-6H2. The number of alkyl halides is 3. The zero-order chi connectivity index (χ0) is 10.6. The van der Waals surface area contributed by atoms with E-state index in [1.807, 2.05) is 0 Å². The highest BCUT2D eigenvalue weighted by molar-refractivity contribution is 9.10. The van der Waals surface area contributed by atoms with Gasteiger partial charge in [0.15, 0.2) is 0 Å². The highest BCUT2D eigenvalue weighted by Crippen LogP contribution is 2.25. The Morgan fingerprint density at radius 3 is 2.43 bits per heavy atom. The molecule has 0 aliphatic heterocycles. The molecule has 0 radical (unpaired) electrons. The summed E-state index contributed by atoms with van der Waals surface area (Å²) in [5.41, 5.74) is 0. The fourth-order valence-corrected chi connectivity index (χ4v) is 1.24. The number of para-hydroxylation sites is 1. The molecule has 1 rings (SSSR count). The van der Waals surface area contributed by atoms with Crippen molar-refractivity contribution in [2.24, 2.45) is 0 Å². The Labute approximate surface area is 88.0 Å². The zero-order valence-corrected chi connectivity index (χ0v) is 8.73. The van der Waals surface area contributed by atoms with E-state index in [1.54, 1.807) is 24.3 Å². The van der Waals surface area contributed by atoms with E-state index in [4.69, 9.17) is 4.74 Å². The topological polar surface area (TPSA) is 9.23 Å². The molecule has 1 aromatic rings. The van der Waals surface area contributed by atoms with Crippen LogP contribution < -0.4 is 4.74 Å². The molecular formula is C9H8BrF3O. The van der Waals surface area contributed by atoms with E-state index in [0.717, 1.165) is 0 Å². The van der Waals surface area contributed by atoms with Crippen LogP contribution in [0, 0.1) is 0 Å². The van der Waals surface area contributed by atoms with E-state index in [2.05, 4.69) is 15.9 Å². The van der Waals surface area contributed by atoms with Crippen LogP contribution >= 0.6 is 15.9 Å². The molecule has 14 heavy (non-hydrogen) atoms. The molecule has 0 amide bonds. The van der Waals surface area contributed by atoms with Crippen LogP contribution in [0.2, 0.25) is 0 Å². The second-order valence-corrected chi connectivity index (χ2v) is 3.50. The van der Waals surface area contributed by atoms with Gasteiger partial charge in [-0.3, -0.25) is 0 Å². The Hall–Kier alpha value is -0.710. The Morgan fingerprint density at radius 1 is 1.21 bits per heavy atom. The highest BCUT2D eigenvalue weighted by Gasteiger charge is 2.26. The molecule has 0 unspecified atom stereocenters. The summed E-state index contributed by atoms with van der Waals surface area (Å²) in [6.07, 6.45) is -5.10. The molecule has 1 aromatic carbocycles. The Bertz CT molecular complexity index is 298. The molecule has 78 valence electrons. The molecule has 0 N–H and O–H groups in total. The van der Waals surface area contributed by atoms with Gasteiger partial charge in [-0.1, -0.05) is 12.1 Å². The maximum absolute atomic E-state index is 11.8. The lowest BCUT2D eigenvalue weighted by atomic mass is 10.3. The fourth-order valence-electron chi connectivity index (χ4n) is 0.839. The van der Waals surface area contributed by atoms with Crippen molar-refractivity contribution in [3.63, 3.8) is 0 Å². The van der Waals surface area contributed by atoms with Crippen molar-refractivity contribution in [2.45, 2.75) is 12.6 Å². The minimum atomic E-state index is -4.17. The van der Waals surface area contributed by atoms with Gasteiger partial charge in [-0.25, -0.2) is 0 Å². The van der Waals surface area contributed by atoms with E-state index >= 15 is 0 Å². The first-order valence-electron chi connectivity index (χ1n) is 3.93. The Balaban J connectivity index is 2.43. The molecule has 0 saturated heterocycles. The van der Waals surface area contributed by atoms with Gasteiger partial charge < -0.3 is 4.74 Å². The summed E-state index contributed by atoms with van der Waals surface area (Å²) in [7, 11) is 0. The third-order valence-electron chi connectivity index (χ3n) is 1.48. The predicted octanol–water partition coefficient (Wildman–Crippen LogP) is 3.78. The van der Waals surface area contributed by atoms with Crippen LogP contribution in [0.4, 0.5) is 13.2 Å². The monoisotopic (exact) mass is 268 g/mol. The largest absolute Gasteiger partial charge is 0.492 e. The number of hydrogen-bond donors (Lipinski definition) is 0. The number of halogens is 4. The van der Waals surface area contributed by atoms with Crippen LogP contribution in [0.3, 0.4) is 0 Å². The molecule has 0 heterocycles. The van der Waals surface area contributed by atoms with E-state index in [0.29, 0.717) is 10.2 Å². The lowest BCUT2D eigenvalue weighted by Gasteiger charge is -2.09. The molecule has 0 saturated carbocycles. The maximum Gasteiger partial charge on any atom is 0.392 e. The SMILES string of the molecule is FC(F)(F)CCOc1ccccc1Br. The molecule has 0 spiro atoms.